The summed E-state index contributed by atoms with van der Waals surface area (Å²) in [5.41, 5.74) is 2.93. The van der Waals surface area contributed by atoms with Crippen molar-refractivity contribution in [3.63, 3.8) is 0 Å². The number of hydrogen-bond donors (Lipinski definition) is 0. The van der Waals surface area contributed by atoms with Crippen LogP contribution >= 0.6 is 0 Å². The summed E-state index contributed by atoms with van der Waals surface area (Å²) in [4.78, 5) is 2.45. The van der Waals surface area contributed by atoms with Gasteiger partial charge >= 0.3 is 0 Å². The van der Waals surface area contributed by atoms with Gasteiger partial charge in [0.2, 0.25) is 0 Å². The van der Waals surface area contributed by atoms with Crippen molar-refractivity contribution in [1.29, 1.82) is 1.45 Å². The average molecular weight is 303 g/mol. The zero-order chi connectivity index (χ0) is 15.8. The third-order valence-corrected chi connectivity index (χ3v) is 4.55. The summed E-state index contributed by atoms with van der Waals surface area (Å²) in [5.74, 6) is 1.31. The quantitative estimate of drug-likeness (QED) is 0.775. The van der Waals surface area contributed by atoms with Gasteiger partial charge in [0.25, 0.3) is 1.45 Å². The second kappa shape index (κ2) is 8.70. The van der Waals surface area contributed by atoms with E-state index in [0.29, 0.717) is 5.92 Å². The van der Waals surface area contributed by atoms with E-state index < -0.39 is 0 Å². The van der Waals surface area contributed by atoms with Crippen LogP contribution in [-0.4, -0.2) is 26.5 Å². The highest BCUT2D eigenvalue weighted by atomic mass is 19.0. The van der Waals surface area contributed by atoms with E-state index in [4.69, 9.17) is 4.72 Å². The maximum Gasteiger partial charge on any atom is 0.269 e. The second-order valence-corrected chi connectivity index (χ2v) is 5.94. The molecule has 0 saturated carbocycles. The maximum absolute atomic E-state index is 8.75. The number of benzene rings is 2. The van der Waals surface area contributed by atoms with Crippen LogP contribution < -0.4 is 0 Å². The van der Waals surface area contributed by atoms with Crippen molar-refractivity contribution in [1.82, 2.24) is 4.90 Å². The fourth-order valence-electron chi connectivity index (χ4n) is 3.42. The molecule has 0 aromatic heterocycles. The van der Waals surface area contributed by atoms with E-state index in [1.165, 1.54) is 37.1 Å². The van der Waals surface area contributed by atoms with Crippen molar-refractivity contribution >= 4 is 0 Å². The lowest BCUT2D eigenvalue weighted by Crippen LogP contribution is -2.33. The van der Waals surface area contributed by atoms with E-state index in [1.807, 2.05) is 0 Å². The SMILES string of the molecule is C.CN1CCC(C(c2ccccc2)c2ccccc2)CC1.[3H]F. The van der Waals surface area contributed by atoms with Crippen molar-refractivity contribution in [2.45, 2.75) is 26.2 Å². The number of hydrogen-bond acceptors (Lipinski definition) is 1. The van der Waals surface area contributed by atoms with Crippen molar-refractivity contribution in [3.05, 3.63) is 71.8 Å². The summed E-state index contributed by atoms with van der Waals surface area (Å²) in [6.07, 6.45) is 2.59. The first-order valence-corrected chi connectivity index (χ1v) is 7.63. The first kappa shape index (κ1) is 16.7. The van der Waals surface area contributed by atoms with Crippen molar-refractivity contribution < 1.29 is 4.72 Å². The van der Waals surface area contributed by atoms with Crippen LogP contribution in [0.1, 0.15) is 37.3 Å². The fourth-order valence-corrected chi connectivity index (χ4v) is 3.42. The molecule has 0 aliphatic carbocycles. The smallest absolute Gasteiger partial charge is 0.269 e. The van der Waals surface area contributed by atoms with Gasteiger partial charge in [0.1, 0.15) is 0 Å². The highest BCUT2D eigenvalue weighted by Gasteiger charge is 2.27. The predicted molar refractivity (Wildman–Crippen MR) is 94.2 cm³/mol. The third kappa shape index (κ3) is 4.17. The van der Waals surface area contributed by atoms with Crippen molar-refractivity contribution in [2.24, 2.45) is 5.92 Å². The van der Waals surface area contributed by atoms with E-state index in [9.17, 15) is 0 Å². The summed E-state index contributed by atoms with van der Waals surface area (Å²) in [6.45, 7) is 2.45. The Morgan fingerprint density at radius 1 is 0.909 bits per heavy atom. The molecule has 0 N–H and O–H groups in total. The Balaban J connectivity index is 0.000000849. The predicted octanol–water partition coefficient (Wildman–Crippen LogP) is 4.95. The van der Waals surface area contributed by atoms with E-state index >= 15 is 0 Å². The Hall–Kier alpha value is -1.67. The van der Waals surface area contributed by atoms with Gasteiger partial charge in [-0.1, -0.05) is 68.1 Å². The topological polar surface area (TPSA) is 3.24 Å². The highest BCUT2D eigenvalue weighted by Crippen LogP contribution is 2.37. The van der Waals surface area contributed by atoms with Gasteiger partial charge in [-0.25, -0.2) is 0 Å². The van der Waals surface area contributed by atoms with Gasteiger partial charge in [-0.05, 0) is 50.0 Å². The molecule has 1 saturated heterocycles. The Morgan fingerprint density at radius 2 is 1.32 bits per heavy atom. The molecule has 0 atom stereocenters. The monoisotopic (exact) mass is 303 g/mol. The Kier molecular flexibility index (Phi) is 6.60. The van der Waals surface area contributed by atoms with Crippen molar-refractivity contribution in [3.8, 4) is 0 Å². The summed E-state index contributed by atoms with van der Waals surface area (Å²) in [5, 5.41) is 0. The number of likely N-dealkylation sites (tertiary alicyclic amines) is 1. The van der Waals surface area contributed by atoms with E-state index in [1.54, 1.807) is 0 Å². The molecule has 0 unspecified atom stereocenters. The first-order chi connectivity index (χ1) is 10.8. The van der Waals surface area contributed by atoms with Gasteiger partial charge in [-0.15, -0.1) is 0 Å². The minimum Gasteiger partial charge on any atom is -0.306 e. The normalized spacial score (nSPS) is 16.2. The average Bonchev–Trinajstić information content (AvgIpc) is 2.61. The standard InChI is InChI=1S/C19H23N.CH4.FH/c1-20-14-12-18(13-15-20)19(16-8-4-2-5-9-16)17-10-6-3-7-11-17;;/h2-11,18-19H,12-15H2,1H3;1H4;1H/i/hT. The Labute approximate surface area is 135 Å². The minimum atomic E-state index is 0. The maximum atomic E-state index is 8.75. The zero-order valence-corrected chi connectivity index (χ0v) is 12.6. The molecule has 1 aliphatic heterocycles. The number of piperidine rings is 1. The largest absolute Gasteiger partial charge is 0.306 e. The summed E-state index contributed by atoms with van der Waals surface area (Å²) in [7, 11) is 2.23. The third-order valence-electron chi connectivity index (χ3n) is 4.55. The molecule has 3 rings (SSSR count). The molecule has 120 valence electrons. The van der Waals surface area contributed by atoms with Crippen LogP contribution in [0.3, 0.4) is 0 Å². The molecular formula is C20H28FN. The molecular weight excluding hydrogens is 273 g/mol. The molecule has 2 aromatic carbocycles. The summed E-state index contributed by atoms with van der Waals surface area (Å²) in [6, 6.07) is 22.0. The number of rotatable bonds is 3. The zero-order valence-electron chi connectivity index (χ0n) is 13.6. The van der Waals surface area contributed by atoms with Crippen LogP contribution in [-0.2, 0) is 0 Å². The van der Waals surface area contributed by atoms with Gasteiger partial charge in [0.05, 0.1) is 0 Å². The van der Waals surface area contributed by atoms with Crippen LogP contribution in [0.15, 0.2) is 60.7 Å². The second-order valence-electron chi connectivity index (χ2n) is 5.94. The van der Waals surface area contributed by atoms with E-state index in [0.717, 1.165) is 5.92 Å². The highest BCUT2D eigenvalue weighted by molar-refractivity contribution is 5.33. The van der Waals surface area contributed by atoms with Gasteiger partial charge in [0, 0.05) is 5.92 Å². The molecule has 0 radical (unpaired) electrons. The van der Waals surface area contributed by atoms with Crippen LogP contribution in [0.2, 0.25) is 0 Å². The van der Waals surface area contributed by atoms with Crippen LogP contribution in [0.5, 0.6) is 0 Å². The molecule has 1 heterocycles. The van der Waals surface area contributed by atoms with Crippen molar-refractivity contribution in [2.75, 3.05) is 20.1 Å². The van der Waals surface area contributed by atoms with Gasteiger partial charge in [-0.2, -0.15) is 0 Å². The molecule has 1 nitrogen and oxygen atoms in total. The molecule has 1 aliphatic rings. The van der Waals surface area contributed by atoms with E-state index in [2.05, 4.69) is 74.1 Å². The van der Waals surface area contributed by atoms with Crippen LogP contribution in [0.25, 0.3) is 0 Å². The lowest BCUT2D eigenvalue weighted by Gasteiger charge is -2.35. The summed E-state index contributed by atoms with van der Waals surface area (Å²) < 4.78 is 13.0. The minimum absolute atomic E-state index is 0. The lowest BCUT2D eigenvalue weighted by molar-refractivity contribution is 0.207. The Bertz CT molecular complexity index is 484. The molecule has 22 heavy (non-hydrogen) atoms. The molecule has 1 fully saturated rings. The van der Waals surface area contributed by atoms with E-state index in [-0.39, 0.29) is 7.43 Å². The summed E-state index contributed by atoms with van der Waals surface area (Å²) >= 11 is 0. The van der Waals surface area contributed by atoms with Gasteiger partial charge in [0.15, 0.2) is 0 Å². The molecule has 2 aromatic rings. The fraction of sp³-hybridized carbons (Fsp3) is 0.400. The van der Waals surface area contributed by atoms with Gasteiger partial charge < -0.3 is 4.90 Å². The molecule has 2 heteroatoms. The lowest BCUT2D eigenvalue weighted by atomic mass is 9.76. The Morgan fingerprint density at radius 3 is 1.73 bits per heavy atom. The molecule has 0 spiro atoms. The van der Waals surface area contributed by atoms with Crippen LogP contribution in [0.4, 0.5) is 4.72 Å². The van der Waals surface area contributed by atoms with Gasteiger partial charge in [-0.3, -0.25) is 4.72 Å². The first-order valence-electron chi connectivity index (χ1n) is 8.01. The molecule has 0 bridgehead atoms. The number of nitrogens with zero attached hydrogens (tertiary/aromatic N) is 1. The number of halogens is 1. The van der Waals surface area contributed by atoms with Crippen LogP contribution in [0, 0.1) is 5.92 Å². The molecule has 0 amide bonds.